The molecule has 4 rings (SSSR count). The highest BCUT2D eigenvalue weighted by Crippen LogP contribution is 2.41. The fourth-order valence-corrected chi connectivity index (χ4v) is 4.31. The monoisotopic (exact) mass is 437 g/mol. The highest BCUT2D eigenvalue weighted by Gasteiger charge is 2.46. The van der Waals surface area contributed by atoms with Crippen molar-refractivity contribution in [1.82, 2.24) is 4.90 Å². The van der Waals surface area contributed by atoms with Gasteiger partial charge in [0, 0.05) is 25.6 Å². The van der Waals surface area contributed by atoms with Crippen LogP contribution < -0.4 is 9.47 Å². The predicted molar refractivity (Wildman–Crippen MR) is 119 cm³/mol. The average molecular weight is 437 g/mol. The summed E-state index contributed by atoms with van der Waals surface area (Å²) in [7, 11) is 1.54. The van der Waals surface area contributed by atoms with Gasteiger partial charge >= 0.3 is 0 Å². The predicted octanol–water partition coefficient (Wildman–Crippen LogP) is 3.48. The topological polar surface area (TPSA) is 85.3 Å². The van der Waals surface area contributed by atoms with E-state index in [1.165, 1.54) is 12.0 Å². The van der Waals surface area contributed by atoms with Gasteiger partial charge in [0.1, 0.15) is 23.4 Å². The number of fused-ring (bicyclic) bond motifs is 1. The van der Waals surface area contributed by atoms with E-state index in [1.807, 2.05) is 38.1 Å². The van der Waals surface area contributed by atoms with Crippen molar-refractivity contribution in [2.75, 3.05) is 26.9 Å². The van der Waals surface area contributed by atoms with Crippen LogP contribution >= 0.6 is 0 Å². The van der Waals surface area contributed by atoms with Crippen LogP contribution in [0.5, 0.6) is 11.5 Å². The standard InChI is InChI=1S/C25H27NO6/c1-4-31-19-7-5-6-16(14-19)22-21(24(28)25(29)26(22)10-11-30-3)23(27)17-8-9-20-18(13-17)12-15(2)32-20/h5-9,13-15,22,27H,4,10-12H2,1-3H3/t15-,22+/m0/s1. The van der Waals surface area contributed by atoms with Crippen molar-refractivity contribution in [2.45, 2.75) is 32.4 Å². The van der Waals surface area contributed by atoms with Gasteiger partial charge in [-0.2, -0.15) is 0 Å². The van der Waals surface area contributed by atoms with Crippen molar-refractivity contribution >= 4 is 17.4 Å². The summed E-state index contributed by atoms with van der Waals surface area (Å²) in [6.07, 6.45) is 0.779. The number of carbonyl (C=O) groups excluding carboxylic acids is 2. The Balaban J connectivity index is 1.82. The SMILES string of the molecule is CCOc1cccc([C@@H]2C(=C(O)c3ccc4c(c3)C[C@H](C)O4)C(=O)C(=O)N2CCOC)c1. The van der Waals surface area contributed by atoms with Gasteiger partial charge in [-0.3, -0.25) is 9.59 Å². The number of benzene rings is 2. The molecule has 0 spiro atoms. The van der Waals surface area contributed by atoms with Gasteiger partial charge in [-0.25, -0.2) is 0 Å². The van der Waals surface area contributed by atoms with Crippen molar-refractivity contribution in [3.8, 4) is 11.5 Å². The van der Waals surface area contributed by atoms with Gasteiger partial charge < -0.3 is 24.2 Å². The number of carbonyl (C=O) groups is 2. The third-order valence-corrected chi connectivity index (χ3v) is 5.73. The Labute approximate surface area is 187 Å². The maximum atomic E-state index is 13.1. The zero-order valence-electron chi connectivity index (χ0n) is 18.5. The number of hydrogen-bond donors (Lipinski definition) is 1. The van der Waals surface area contributed by atoms with Crippen LogP contribution in [0.1, 0.15) is 36.6 Å². The molecule has 2 aromatic rings. The molecule has 2 aliphatic rings. The molecular weight excluding hydrogens is 410 g/mol. The molecule has 2 aromatic carbocycles. The lowest BCUT2D eigenvalue weighted by Gasteiger charge is -2.25. The molecule has 2 atom stereocenters. The molecular formula is C25H27NO6. The Morgan fingerprint density at radius 1 is 1.22 bits per heavy atom. The van der Waals surface area contributed by atoms with Crippen LogP contribution in [0, 0.1) is 0 Å². The van der Waals surface area contributed by atoms with Crippen molar-refractivity contribution in [3.63, 3.8) is 0 Å². The van der Waals surface area contributed by atoms with Crippen molar-refractivity contribution in [2.24, 2.45) is 0 Å². The molecule has 2 aliphatic heterocycles. The summed E-state index contributed by atoms with van der Waals surface area (Å²) in [6.45, 7) is 4.84. The number of likely N-dealkylation sites (tertiary alicyclic amines) is 1. The Bertz CT molecular complexity index is 1080. The zero-order chi connectivity index (χ0) is 22.8. The number of Topliss-reactive ketones (excluding diaryl/α,β-unsaturated/α-hetero) is 1. The first-order valence-electron chi connectivity index (χ1n) is 10.7. The third kappa shape index (κ3) is 3.96. The lowest BCUT2D eigenvalue weighted by atomic mass is 9.94. The minimum Gasteiger partial charge on any atom is -0.507 e. The molecule has 7 nitrogen and oxygen atoms in total. The summed E-state index contributed by atoms with van der Waals surface area (Å²) in [5.74, 6) is -0.164. The molecule has 0 aliphatic carbocycles. The number of hydrogen-bond acceptors (Lipinski definition) is 6. The Kier molecular flexibility index (Phi) is 6.19. The van der Waals surface area contributed by atoms with Crippen molar-refractivity contribution < 1.29 is 28.9 Å². The number of methoxy groups -OCH3 is 1. The van der Waals surface area contributed by atoms with E-state index in [9.17, 15) is 14.7 Å². The molecule has 2 heterocycles. The molecule has 0 saturated carbocycles. The number of ketones is 1. The van der Waals surface area contributed by atoms with E-state index in [-0.39, 0.29) is 30.6 Å². The molecule has 1 fully saturated rings. The van der Waals surface area contributed by atoms with Crippen LogP contribution in [0.15, 0.2) is 48.0 Å². The zero-order valence-corrected chi connectivity index (χ0v) is 18.5. The number of rotatable bonds is 7. The molecule has 32 heavy (non-hydrogen) atoms. The largest absolute Gasteiger partial charge is 0.507 e. The van der Waals surface area contributed by atoms with Gasteiger partial charge in [0.25, 0.3) is 11.7 Å². The summed E-state index contributed by atoms with van der Waals surface area (Å²) in [6, 6.07) is 11.8. The Morgan fingerprint density at radius 3 is 2.78 bits per heavy atom. The highest BCUT2D eigenvalue weighted by molar-refractivity contribution is 6.46. The van der Waals surface area contributed by atoms with Gasteiger partial charge in [-0.15, -0.1) is 0 Å². The molecule has 7 heteroatoms. The van der Waals surface area contributed by atoms with Gasteiger partial charge in [0.15, 0.2) is 0 Å². The normalized spacial score (nSPS) is 21.5. The quantitative estimate of drug-likeness (QED) is 0.406. The minimum absolute atomic E-state index is 0.0586. The van der Waals surface area contributed by atoms with E-state index in [0.29, 0.717) is 23.5 Å². The van der Waals surface area contributed by atoms with Crippen LogP contribution in [0.2, 0.25) is 0 Å². The average Bonchev–Trinajstić information content (AvgIpc) is 3.28. The third-order valence-electron chi connectivity index (χ3n) is 5.73. The molecule has 1 saturated heterocycles. The van der Waals surface area contributed by atoms with Gasteiger partial charge in [0.2, 0.25) is 0 Å². The summed E-state index contributed by atoms with van der Waals surface area (Å²) >= 11 is 0. The molecule has 0 bridgehead atoms. The summed E-state index contributed by atoms with van der Waals surface area (Å²) in [5, 5.41) is 11.2. The van der Waals surface area contributed by atoms with Crippen LogP contribution in [0.3, 0.4) is 0 Å². The van der Waals surface area contributed by atoms with E-state index < -0.39 is 17.7 Å². The fourth-order valence-electron chi connectivity index (χ4n) is 4.31. The second-order valence-electron chi connectivity index (χ2n) is 7.95. The lowest BCUT2D eigenvalue weighted by molar-refractivity contribution is -0.140. The molecule has 1 N–H and O–H groups in total. The first-order chi connectivity index (χ1) is 15.4. The molecule has 0 aromatic heterocycles. The van der Waals surface area contributed by atoms with Crippen LogP contribution in [-0.2, 0) is 20.7 Å². The number of nitrogens with zero attached hydrogens (tertiary/aromatic N) is 1. The van der Waals surface area contributed by atoms with E-state index >= 15 is 0 Å². The Morgan fingerprint density at radius 2 is 2.03 bits per heavy atom. The van der Waals surface area contributed by atoms with E-state index in [2.05, 4.69) is 0 Å². The second-order valence-corrected chi connectivity index (χ2v) is 7.95. The fraction of sp³-hybridized carbons (Fsp3) is 0.360. The van der Waals surface area contributed by atoms with Crippen LogP contribution in [0.4, 0.5) is 0 Å². The van der Waals surface area contributed by atoms with Gasteiger partial charge in [0.05, 0.1) is 24.8 Å². The van der Waals surface area contributed by atoms with Crippen molar-refractivity contribution in [1.29, 1.82) is 0 Å². The molecule has 0 radical (unpaired) electrons. The Hall–Kier alpha value is -3.32. The molecule has 1 amide bonds. The highest BCUT2D eigenvalue weighted by atomic mass is 16.5. The first kappa shape index (κ1) is 21.9. The summed E-state index contributed by atoms with van der Waals surface area (Å²) in [4.78, 5) is 27.4. The van der Waals surface area contributed by atoms with E-state index in [1.54, 1.807) is 18.2 Å². The second kappa shape index (κ2) is 9.04. The maximum absolute atomic E-state index is 13.1. The van der Waals surface area contributed by atoms with E-state index in [0.717, 1.165) is 17.7 Å². The first-order valence-corrected chi connectivity index (χ1v) is 10.7. The number of aliphatic hydroxyl groups is 1. The number of amides is 1. The maximum Gasteiger partial charge on any atom is 0.295 e. The van der Waals surface area contributed by atoms with Gasteiger partial charge in [-0.1, -0.05) is 12.1 Å². The summed E-state index contributed by atoms with van der Waals surface area (Å²) in [5.41, 5.74) is 2.19. The smallest absolute Gasteiger partial charge is 0.295 e. The van der Waals surface area contributed by atoms with Crippen LogP contribution in [0.25, 0.3) is 5.76 Å². The lowest BCUT2D eigenvalue weighted by Crippen LogP contribution is -2.32. The van der Waals surface area contributed by atoms with Crippen LogP contribution in [-0.4, -0.2) is 54.7 Å². The summed E-state index contributed by atoms with van der Waals surface area (Å²) < 4.78 is 16.5. The van der Waals surface area contributed by atoms with Crippen molar-refractivity contribution in [3.05, 3.63) is 64.7 Å². The number of aliphatic hydroxyl groups excluding tert-OH is 1. The molecule has 0 unspecified atom stereocenters. The minimum atomic E-state index is -0.742. The van der Waals surface area contributed by atoms with Gasteiger partial charge in [-0.05, 0) is 55.3 Å². The molecule has 168 valence electrons. The number of ether oxygens (including phenoxy) is 3. The van der Waals surface area contributed by atoms with E-state index in [4.69, 9.17) is 14.2 Å².